The Morgan fingerprint density at radius 1 is 1.26 bits per heavy atom. The highest BCUT2D eigenvalue weighted by molar-refractivity contribution is 9.10. The van der Waals surface area contributed by atoms with Crippen LogP contribution in [0, 0.1) is 6.92 Å². The maximum absolute atomic E-state index is 12.9. The van der Waals surface area contributed by atoms with Crippen molar-refractivity contribution in [1.82, 2.24) is 20.0 Å². The lowest BCUT2D eigenvalue weighted by Gasteiger charge is -2.31. The number of rotatable bonds is 3. The molecule has 0 radical (unpaired) electrons. The Bertz CT molecular complexity index is 687. The number of benzene rings is 1. The molecule has 1 aromatic heterocycles. The Morgan fingerprint density at radius 2 is 1.91 bits per heavy atom. The van der Waals surface area contributed by atoms with Gasteiger partial charge in [0.25, 0.3) is 5.91 Å². The Morgan fingerprint density at radius 3 is 2.52 bits per heavy atom. The number of nitrogens with one attached hydrogen (secondary N) is 1. The Labute approximate surface area is 144 Å². The molecule has 1 aromatic carbocycles. The molecule has 5 nitrogen and oxygen atoms in total. The predicted molar refractivity (Wildman–Crippen MR) is 94.0 cm³/mol. The Balaban J connectivity index is 1.85. The third kappa shape index (κ3) is 3.48. The van der Waals surface area contributed by atoms with Crippen LogP contribution in [0.2, 0.25) is 0 Å². The largest absolute Gasteiger partial charge is 0.337 e. The first kappa shape index (κ1) is 16.2. The summed E-state index contributed by atoms with van der Waals surface area (Å²) in [5, 5.41) is 7.72. The number of halogens is 1. The number of aromatic nitrogens is 2. The first-order valence-corrected chi connectivity index (χ1v) is 8.67. The molecule has 1 amide bonds. The molecule has 3 rings (SSSR count). The van der Waals surface area contributed by atoms with Gasteiger partial charge in [0.05, 0.1) is 5.69 Å². The lowest BCUT2D eigenvalue weighted by Crippen LogP contribution is -2.44. The van der Waals surface area contributed by atoms with Crippen LogP contribution in [0.1, 0.15) is 28.9 Å². The fourth-order valence-corrected chi connectivity index (χ4v) is 3.30. The maximum Gasteiger partial charge on any atom is 0.272 e. The molecule has 1 aliphatic rings. The number of piperidine rings is 1. The molecule has 6 heteroatoms. The van der Waals surface area contributed by atoms with Crippen LogP contribution < -0.4 is 5.32 Å². The average molecular weight is 377 g/mol. The van der Waals surface area contributed by atoms with Crippen LogP contribution in [0.15, 0.2) is 34.9 Å². The first-order chi connectivity index (χ1) is 11.1. The molecule has 1 fully saturated rings. The van der Waals surface area contributed by atoms with Gasteiger partial charge in [-0.2, -0.15) is 5.10 Å². The summed E-state index contributed by atoms with van der Waals surface area (Å²) >= 11 is 3.40. The topological polar surface area (TPSA) is 50.2 Å². The third-order valence-electron chi connectivity index (χ3n) is 4.37. The highest BCUT2D eigenvalue weighted by Gasteiger charge is 2.26. The van der Waals surface area contributed by atoms with E-state index in [0.29, 0.717) is 16.3 Å². The van der Waals surface area contributed by atoms with Gasteiger partial charge < -0.3 is 10.2 Å². The SMILES string of the molecule is CNC1CCN(C(=O)c2cc(Br)nn2-c2ccc(C)cc2)CC1. The van der Waals surface area contributed by atoms with E-state index in [4.69, 9.17) is 0 Å². The van der Waals surface area contributed by atoms with Crippen molar-refractivity contribution in [3.8, 4) is 5.69 Å². The summed E-state index contributed by atoms with van der Waals surface area (Å²) in [6.45, 7) is 3.60. The molecule has 0 saturated carbocycles. The second-order valence-corrected chi connectivity index (χ2v) is 6.77. The number of hydrogen-bond acceptors (Lipinski definition) is 3. The van der Waals surface area contributed by atoms with Gasteiger partial charge in [0.1, 0.15) is 10.3 Å². The van der Waals surface area contributed by atoms with Crippen molar-refractivity contribution in [3.05, 3.63) is 46.2 Å². The highest BCUT2D eigenvalue weighted by Crippen LogP contribution is 2.20. The number of carbonyl (C=O) groups is 1. The van der Waals surface area contributed by atoms with Crippen molar-refractivity contribution in [2.75, 3.05) is 20.1 Å². The van der Waals surface area contributed by atoms with E-state index < -0.39 is 0 Å². The van der Waals surface area contributed by atoms with Gasteiger partial charge in [-0.05, 0) is 54.9 Å². The quantitative estimate of drug-likeness (QED) is 0.895. The molecule has 0 aliphatic carbocycles. The molecule has 1 aliphatic heterocycles. The van der Waals surface area contributed by atoms with E-state index in [1.54, 1.807) is 10.7 Å². The smallest absolute Gasteiger partial charge is 0.272 e. The molecule has 23 heavy (non-hydrogen) atoms. The normalized spacial score (nSPS) is 15.9. The Kier molecular flexibility index (Phi) is 4.82. The van der Waals surface area contributed by atoms with Crippen molar-refractivity contribution in [2.24, 2.45) is 0 Å². The number of amides is 1. The number of hydrogen-bond donors (Lipinski definition) is 1. The van der Waals surface area contributed by atoms with Gasteiger partial charge in [-0.25, -0.2) is 4.68 Å². The molecule has 1 N–H and O–H groups in total. The summed E-state index contributed by atoms with van der Waals surface area (Å²) in [7, 11) is 1.98. The lowest BCUT2D eigenvalue weighted by molar-refractivity contribution is 0.0698. The van der Waals surface area contributed by atoms with Gasteiger partial charge >= 0.3 is 0 Å². The predicted octanol–water partition coefficient (Wildman–Crippen LogP) is 2.77. The molecule has 0 atom stereocenters. The summed E-state index contributed by atoms with van der Waals surface area (Å²) in [6.07, 6.45) is 1.98. The summed E-state index contributed by atoms with van der Waals surface area (Å²) < 4.78 is 2.39. The van der Waals surface area contributed by atoms with Crippen LogP contribution in [-0.2, 0) is 0 Å². The minimum atomic E-state index is 0.0401. The summed E-state index contributed by atoms with van der Waals surface area (Å²) in [4.78, 5) is 14.8. The fourth-order valence-electron chi connectivity index (χ4n) is 2.92. The van der Waals surface area contributed by atoms with E-state index in [9.17, 15) is 4.79 Å². The zero-order valence-electron chi connectivity index (χ0n) is 13.4. The van der Waals surface area contributed by atoms with Crippen LogP contribution in [0.3, 0.4) is 0 Å². The van der Waals surface area contributed by atoms with Crippen molar-refractivity contribution in [2.45, 2.75) is 25.8 Å². The average Bonchev–Trinajstić information content (AvgIpc) is 2.97. The number of likely N-dealkylation sites (tertiary alicyclic amines) is 1. The molecule has 2 heterocycles. The third-order valence-corrected chi connectivity index (χ3v) is 4.76. The monoisotopic (exact) mass is 376 g/mol. The molecule has 0 spiro atoms. The maximum atomic E-state index is 12.9. The summed E-state index contributed by atoms with van der Waals surface area (Å²) in [5.41, 5.74) is 2.68. The van der Waals surface area contributed by atoms with E-state index in [1.807, 2.05) is 43.1 Å². The second kappa shape index (κ2) is 6.84. The molecule has 0 bridgehead atoms. The molecule has 1 saturated heterocycles. The second-order valence-electron chi connectivity index (χ2n) is 5.95. The van der Waals surface area contributed by atoms with Crippen LogP contribution in [0.25, 0.3) is 5.69 Å². The fraction of sp³-hybridized carbons (Fsp3) is 0.412. The van der Waals surface area contributed by atoms with Gasteiger partial charge in [-0.1, -0.05) is 17.7 Å². The van der Waals surface area contributed by atoms with Gasteiger partial charge in [0, 0.05) is 25.2 Å². The zero-order chi connectivity index (χ0) is 16.4. The van der Waals surface area contributed by atoms with E-state index in [2.05, 4.69) is 26.3 Å². The van der Waals surface area contributed by atoms with E-state index in [0.717, 1.165) is 31.6 Å². The Hall–Kier alpha value is -1.66. The van der Waals surface area contributed by atoms with Gasteiger partial charge in [0.15, 0.2) is 0 Å². The number of carbonyl (C=O) groups excluding carboxylic acids is 1. The lowest BCUT2D eigenvalue weighted by atomic mass is 10.1. The van der Waals surface area contributed by atoms with Crippen molar-refractivity contribution in [1.29, 1.82) is 0 Å². The summed E-state index contributed by atoms with van der Waals surface area (Å²) in [6, 6.07) is 10.3. The van der Waals surface area contributed by atoms with Gasteiger partial charge in [0.2, 0.25) is 0 Å². The van der Waals surface area contributed by atoms with Crippen LogP contribution >= 0.6 is 15.9 Å². The minimum Gasteiger partial charge on any atom is -0.337 e. The molecular formula is C17H21BrN4O. The van der Waals surface area contributed by atoms with Crippen molar-refractivity contribution in [3.63, 3.8) is 0 Å². The first-order valence-electron chi connectivity index (χ1n) is 7.87. The van der Waals surface area contributed by atoms with E-state index in [-0.39, 0.29) is 5.91 Å². The molecule has 122 valence electrons. The zero-order valence-corrected chi connectivity index (χ0v) is 15.0. The van der Waals surface area contributed by atoms with E-state index >= 15 is 0 Å². The van der Waals surface area contributed by atoms with Gasteiger partial charge in [-0.15, -0.1) is 0 Å². The number of aryl methyl sites for hydroxylation is 1. The van der Waals surface area contributed by atoms with Crippen LogP contribution in [0.5, 0.6) is 0 Å². The molecule has 0 unspecified atom stereocenters. The van der Waals surface area contributed by atoms with Crippen molar-refractivity contribution >= 4 is 21.8 Å². The van der Waals surface area contributed by atoms with Crippen LogP contribution in [0.4, 0.5) is 0 Å². The number of nitrogens with zero attached hydrogens (tertiary/aromatic N) is 3. The van der Waals surface area contributed by atoms with Crippen LogP contribution in [-0.4, -0.2) is 46.8 Å². The van der Waals surface area contributed by atoms with Crippen molar-refractivity contribution < 1.29 is 4.79 Å². The highest BCUT2D eigenvalue weighted by atomic mass is 79.9. The molecule has 2 aromatic rings. The molecular weight excluding hydrogens is 356 g/mol. The van der Waals surface area contributed by atoms with Gasteiger partial charge in [-0.3, -0.25) is 4.79 Å². The summed E-state index contributed by atoms with van der Waals surface area (Å²) in [5.74, 6) is 0.0401. The standard InChI is InChI=1S/C17H21BrN4O/c1-12-3-5-14(6-4-12)22-15(11-16(18)20-22)17(23)21-9-7-13(19-2)8-10-21/h3-6,11,13,19H,7-10H2,1-2H3. The van der Waals surface area contributed by atoms with E-state index in [1.165, 1.54) is 5.56 Å². The minimum absolute atomic E-state index is 0.0401.